The molecule has 0 unspecified atom stereocenters. The molecule has 2 nitrogen and oxygen atoms in total. The zero-order valence-corrected chi connectivity index (χ0v) is 8.03. The molecule has 6 heteroatoms. The molecule has 1 aromatic heterocycles. The number of hydrogen-bond donors (Lipinski definition) is 0. The molecule has 0 spiro atoms. The van der Waals surface area contributed by atoms with Gasteiger partial charge in [-0.15, -0.1) is 0 Å². The van der Waals surface area contributed by atoms with Gasteiger partial charge in [0.05, 0.1) is 12.1 Å². The summed E-state index contributed by atoms with van der Waals surface area (Å²) in [7, 11) is 1.24. The number of ether oxygens (including phenoxy) is 1. The predicted octanol–water partition coefficient (Wildman–Crippen LogP) is 3.33. The van der Waals surface area contributed by atoms with E-state index >= 15 is 0 Å². The first-order valence-electron chi connectivity index (χ1n) is 3.24. The Morgan fingerprint density at radius 2 is 2.08 bits per heavy atom. The average Bonchev–Trinajstić information content (AvgIpc) is 2.02. The van der Waals surface area contributed by atoms with Crippen molar-refractivity contribution in [3.8, 4) is 5.75 Å². The summed E-state index contributed by atoms with van der Waals surface area (Å²) in [6, 6.07) is 1.24. The van der Waals surface area contributed by atoms with Crippen molar-refractivity contribution in [1.82, 2.24) is 4.98 Å². The Morgan fingerprint density at radius 1 is 1.46 bits per heavy atom. The van der Waals surface area contributed by atoms with Crippen LogP contribution in [0.15, 0.2) is 6.07 Å². The molecular weight excluding hydrogens is 223 g/mol. The highest BCUT2D eigenvalue weighted by Gasteiger charge is 2.19. The van der Waals surface area contributed by atoms with Crippen molar-refractivity contribution in [2.24, 2.45) is 0 Å². The van der Waals surface area contributed by atoms with Crippen molar-refractivity contribution in [1.29, 1.82) is 0 Å². The summed E-state index contributed by atoms with van der Waals surface area (Å²) in [5.41, 5.74) is -0.542. The Morgan fingerprint density at radius 3 is 2.54 bits per heavy atom. The minimum atomic E-state index is -2.76. The Labute approximate surface area is 83.4 Å². The molecular formula is C7H5Cl2F2NO. The zero-order chi connectivity index (χ0) is 10.0. The molecule has 13 heavy (non-hydrogen) atoms. The highest BCUT2D eigenvalue weighted by Crippen LogP contribution is 2.35. The third-order valence-electron chi connectivity index (χ3n) is 1.33. The van der Waals surface area contributed by atoms with Gasteiger partial charge in [0.25, 0.3) is 6.43 Å². The van der Waals surface area contributed by atoms with Gasteiger partial charge >= 0.3 is 0 Å². The van der Waals surface area contributed by atoms with Crippen LogP contribution in [0, 0.1) is 0 Å². The molecule has 0 atom stereocenters. The van der Waals surface area contributed by atoms with E-state index in [1.54, 1.807) is 0 Å². The maximum Gasteiger partial charge on any atom is 0.284 e. The van der Waals surface area contributed by atoms with Gasteiger partial charge in [-0.05, 0) is 6.07 Å². The lowest BCUT2D eigenvalue weighted by Gasteiger charge is -2.08. The van der Waals surface area contributed by atoms with E-state index in [9.17, 15) is 8.78 Å². The molecule has 0 amide bonds. The molecule has 1 heterocycles. The summed E-state index contributed by atoms with van der Waals surface area (Å²) < 4.78 is 29.3. The fourth-order valence-corrected chi connectivity index (χ4v) is 1.37. The third kappa shape index (κ3) is 2.19. The number of rotatable bonds is 2. The van der Waals surface area contributed by atoms with E-state index in [0.29, 0.717) is 0 Å². The van der Waals surface area contributed by atoms with E-state index in [0.717, 1.165) is 0 Å². The topological polar surface area (TPSA) is 22.1 Å². The maximum absolute atomic E-state index is 12.3. The molecule has 0 bridgehead atoms. The van der Waals surface area contributed by atoms with Crippen LogP contribution in [0.3, 0.4) is 0 Å². The van der Waals surface area contributed by atoms with Gasteiger partial charge in [0.2, 0.25) is 0 Å². The van der Waals surface area contributed by atoms with Gasteiger partial charge in [-0.25, -0.2) is 13.8 Å². The first-order valence-corrected chi connectivity index (χ1v) is 4.00. The van der Waals surface area contributed by atoms with Crippen molar-refractivity contribution >= 4 is 23.2 Å². The van der Waals surface area contributed by atoms with Gasteiger partial charge in [-0.1, -0.05) is 23.2 Å². The van der Waals surface area contributed by atoms with Crippen LogP contribution in [-0.4, -0.2) is 12.1 Å². The van der Waals surface area contributed by atoms with Gasteiger partial charge in [0.1, 0.15) is 5.15 Å². The van der Waals surface area contributed by atoms with Gasteiger partial charge < -0.3 is 4.74 Å². The number of nitrogens with zero attached hydrogens (tertiary/aromatic N) is 1. The van der Waals surface area contributed by atoms with Crippen molar-refractivity contribution < 1.29 is 13.5 Å². The number of pyridine rings is 1. The quantitative estimate of drug-likeness (QED) is 0.724. The van der Waals surface area contributed by atoms with E-state index in [4.69, 9.17) is 23.2 Å². The minimum Gasteiger partial charge on any atom is -0.493 e. The van der Waals surface area contributed by atoms with Crippen LogP contribution in [-0.2, 0) is 0 Å². The first kappa shape index (κ1) is 10.5. The number of halogens is 4. The van der Waals surface area contributed by atoms with Crippen LogP contribution in [0.25, 0.3) is 0 Å². The lowest BCUT2D eigenvalue weighted by atomic mass is 10.3. The Balaban J connectivity index is 3.29. The van der Waals surface area contributed by atoms with Crippen molar-refractivity contribution in [3.63, 3.8) is 0 Å². The molecule has 0 aliphatic rings. The van der Waals surface area contributed by atoms with Crippen molar-refractivity contribution in [3.05, 3.63) is 21.9 Å². The van der Waals surface area contributed by atoms with Crippen LogP contribution in [0.5, 0.6) is 5.75 Å². The second-order valence-electron chi connectivity index (χ2n) is 2.15. The average molecular weight is 228 g/mol. The second-order valence-corrected chi connectivity index (χ2v) is 2.94. The molecule has 0 fully saturated rings. The monoisotopic (exact) mass is 227 g/mol. The van der Waals surface area contributed by atoms with Crippen LogP contribution in [0.4, 0.5) is 8.78 Å². The van der Waals surface area contributed by atoms with E-state index < -0.39 is 12.1 Å². The Hall–Kier alpha value is -0.610. The fourth-order valence-electron chi connectivity index (χ4n) is 0.841. The van der Waals surface area contributed by atoms with Gasteiger partial charge in [0, 0.05) is 0 Å². The summed E-state index contributed by atoms with van der Waals surface area (Å²) in [6.07, 6.45) is -2.76. The fraction of sp³-hybridized carbons (Fsp3) is 0.286. The summed E-state index contributed by atoms with van der Waals surface area (Å²) in [6.45, 7) is 0. The van der Waals surface area contributed by atoms with E-state index in [2.05, 4.69) is 9.72 Å². The van der Waals surface area contributed by atoms with E-state index in [1.165, 1.54) is 13.2 Å². The van der Waals surface area contributed by atoms with Crippen LogP contribution < -0.4 is 4.74 Å². The number of alkyl halides is 2. The van der Waals surface area contributed by atoms with Crippen LogP contribution >= 0.6 is 23.2 Å². The third-order valence-corrected chi connectivity index (χ3v) is 1.81. The highest BCUT2D eigenvalue weighted by atomic mass is 35.5. The Kier molecular flexibility index (Phi) is 3.27. The molecule has 0 aliphatic carbocycles. The normalized spacial score (nSPS) is 10.6. The summed E-state index contributed by atoms with van der Waals surface area (Å²) in [5.74, 6) is -0.138. The maximum atomic E-state index is 12.3. The minimum absolute atomic E-state index is 0.0257. The van der Waals surface area contributed by atoms with Crippen LogP contribution in [0.1, 0.15) is 12.1 Å². The van der Waals surface area contributed by atoms with Gasteiger partial charge in [-0.2, -0.15) is 0 Å². The summed E-state index contributed by atoms with van der Waals surface area (Å²) in [4.78, 5) is 3.41. The molecule has 1 aromatic rings. The smallest absolute Gasteiger partial charge is 0.284 e. The summed E-state index contributed by atoms with van der Waals surface area (Å²) >= 11 is 11.0. The number of methoxy groups -OCH3 is 1. The molecule has 1 rings (SSSR count). The Bertz CT molecular complexity index is 320. The lowest BCUT2D eigenvalue weighted by molar-refractivity contribution is 0.141. The molecule has 72 valence electrons. The molecule has 0 saturated carbocycles. The van der Waals surface area contributed by atoms with E-state index in [-0.39, 0.29) is 15.9 Å². The highest BCUT2D eigenvalue weighted by molar-refractivity contribution is 6.35. The lowest BCUT2D eigenvalue weighted by Crippen LogP contribution is -1.97. The summed E-state index contributed by atoms with van der Waals surface area (Å²) in [5, 5.41) is -0.0566. The van der Waals surface area contributed by atoms with Gasteiger partial charge in [0.15, 0.2) is 11.4 Å². The van der Waals surface area contributed by atoms with Gasteiger partial charge in [-0.3, -0.25) is 0 Å². The number of aromatic nitrogens is 1. The molecule has 0 radical (unpaired) electrons. The molecule has 0 saturated heterocycles. The SMILES string of the molecule is COc1c(Cl)cc(Cl)nc1C(F)F. The van der Waals surface area contributed by atoms with Crippen molar-refractivity contribution in [2.75, 3.05) is 7.11 Å². The standard InChI is InChI=1S/C7H5Cl2F2NO/c1-13-6-3(8)2-4(9)12-5(6)7(10)11/h2,7H,1H3. The second kappa shape index (κ2) is 4.07. The predicted molar refractivity (Wildman–Crippen MR) is 45.8 cm³/mol. The van der Waals surface area contributed by atoms with Crippen molar-refractivity contribution in [2.45, 2.75) is 6.43 Å². The molecule has 0 aromatic carbocycles. The number of hydrogen-bond acceptors (Lipinski definition) is 2. The molecule has 0 N–H and O–H groups in total. The van der Waals surface area contributed by atoms with Crippen LogP contribution in [0.2, 0.25) is 10.2 Å². The largest absolute Gasteiger partial charge is 0.493 e. The zero-order valence-electron chi connectivity index (χ0n) is 6.52. The van der Waals surface area contributed by atoms with E-state index in [1.807, 2.05) is 0 Å². The molecule has 0 aliphatic heterocycles. The first-order chi connectivity index (χ1) is 6.06.